The fourth-order valence-corrected chi connectivity index (χ4v) is 2.03. The molecule has 19 heavy (non-hydrogen) atoms. The first kappa shape index (κ1) is 13.8. The van der Waals surface area contributed by atoms with E-state index in [0.717, 1.165) is 16.8 Å². The molecule has 0 radical (unpaired) electrons. The number of hydrogen-bond acceptors (Lipinski definition) is 1. The lowest BCUT2D eigenvalue weighted by molar-refractivity contribution is 0.151. The maximum Gasteiger partial charge on any atom is 0.263 e. The van der Waals surface area contributed by atoms with E-state index in [-0.39, 0.29) is 5.56 Å². The summed E-state index contributed by atoms with van der Waals surface area (Å²) in [6, 6.07) is 11.9. The molecule has 4 heteroatoms. The molecule has 0 amide bonds. The average molecular weight is 282 g/mol. The topological polar surface area (TPSA) is 12.0 Å². The number of halogens is 3. The van der Waals surface area contributed by atoms with Crippen molar-refractivity contribution in [2.75, 3.05) is 5.32 Å². The van der Waals surface area contributed by atoms with Crippen LogP contribution in [0.1, 0.15) is 23.1 Å². The number of hydrogen-bond donors (Lipinski definition) is 1. The number of anilines is 1. The van der Waals surface area contributed by atoms with Gasteiger partial charge in [0.25, 0.3) is 6.43 Å². The molecule has 0 aliphatic rings. The molecule has 0 heterocycles. The van der Waals surface area contributed by atoms with Gasteiger partial charge in [-0.1, -0.05) is 35.9 Å². The van der Waals surface area contributed by atoms with E-state index >= 15 is 0 Å². The third-order valence-electron chi connectivity index (χ3n) is 2.90. The average Bonchev–Trinajstić information content (AvgIpc) is 2.38. The highest BCUT2D eigenvalue weighted by atomic mass is 35.5. The Morgan fingerprint density at radius 1 is 1.11 bits per heavy atom. The Balaban J connectivity index is 2.02. The zero-order valence-corrected chi connectivity index (χ0v) is 11.2. The lowest BCUT2D eigenvalue weighted by Gasteiger charge is -2.10. The molecule has 0 aliphatic carbocycles. The fraction of sp³-hybridized carbons (Fsp3) is 0.200. The maximum absolute atomic E-state index is 12.4. The number of nitrogens with one attached hydrogen (secondary N) is 1. The van der Waals surface area contributed by atoms with E-state index in [1.54, 1.807) is 12.1 Å². The summed E-state index contributed by atoms with van der Waals surface area (Å²) in [4.78, 5) is 0. The third kappa shape index (κ3) is 3.67. The molecule has 2 rings (SSSR count). The van der Waals surface area contributed by atoms with Crippen molar-refractivity contribution >= 4 is 17.3 Å². The lowest BCUT2D eigenvalue weighted by atomic mass is 10.1. The largest absolute Gasteiger partial charge is 0.381 e. The van der Waals surface area contributed by atoms with Crippen molar-refractivity contribution in [1.29, 1.82) is 0 Å². The second kappa shape index (κ2) is 6.02. The minimum atomic E-state index is -2.42. The summed E-state index contributed by atoms with van der Waals surface area (Å²) in [5, 5.41) is 3.96. The van der Waals surface area contributed by atoms with Crippen molar-refractivity contribution in [2.24, 2.45) is 0 Å². The quantitative estimate of drug-likeness (QED) is 0.812. The smallest absolute Gasteiger partial charge is 0.263 e. The molecule has 0 fully saturated rings. The fourth-order valence-electron chi connectivity index (χ4n) is 1.80. The van der Waals surface area contributed by atoms with Crippen LogP contribution in [0.3, 0.4) is 0 Å². The van der Waals surface area contributed by atoms with Crippen LogP contribution < -0.4 is 5.32 Å². The molecule has 0 saturated heterocycles. The van der Waals surface area contributed by atoms with Gasteiger partial charge in [0.2, 0.25) is 0 Å². The monoisotopic (exact) mass is 281 g/mol. The van der Waals surface area contributed by atoms with Gasteiger partial charge < -0.3 is 5.32 Å². The van der Waals surface area contributed by atoms with Crippen LogP contribution in [0, 0.1) is 6.92 Å². The Morgan fingerprint density at radius 3 is 2.37 bits per heavy atom. The first-order chi connectivity index (χ1) is 9.06. The highest BCUT2D eigenvalue weighted by Crippen LogP contribution is 2.21. The summed E-state index contributed by atoms with van der Waals surface area (Å²) < 4.78 is 24.8. The molecule has 2 aromatic rings. The van der Waals surface area contributed by atoms with Gasteiger partial charge in [-0.3, -0.25) is 0 Å². The van der Waals surface area contributed by atoms with E-state index < -0.39 is 6.43 Å². The molecule has 0 saturated carbocycles. The number of aryl methyl sites for hydroxylation is 1. The van der Waals surface area contributed by atoms with Crippen LogP contribution in [0.2, 0.25) is 5.02 Å². The van der Waals surface area contributed by atoms with Gasteiger partial charge in [-0.25, -0.2) is 8.78 Å². The van der Waals surface area contributed by atoms with Crippen molar-refractivity contribution in [3.63, 3.8) is 0 Å². The lowest BCUT2D eigenvalue weighted by Crippen LogP contribution is -2.01. The molecule has 1 N–H and O–H groups in total. The van der Waals surface area contributed by atoms with E-state index in [1.807, 2.05) is 25.1 Å². The van der Waals surface area contributed by atoms with Crippen molar-refractivity contribution < 1.29 is 8.78 Å². The summed E-state index contributed by atoms with van der Waals surface area (Å²) in [5.41, 5.74) is 3.05. The van der Waals surface area contributed by atoms with Gasteiger partial charge in [0.15, 0.2) is 0 Å². The standard InChI is InChI=1S/C15H14ClF2N/c1-10-8-13(16)6-7-14(10)19-9-11-2-4-12(5-3-11)15(17)18/h2-8,15,19H,9H2,1H3. The Morgan fingerprint density at radius 2 is 1.79 bits per heavy atom. The minimum Gasteiger partial charge on any atom is -0.381 e. The van der Waals surface area contributed by atoms with Gasteiger partial charge in [-0.15, -0.1) is 0 Å². The van der Waals surface area contributed by atoms with Gasteiger partial charge in [0.1, 0.15) is 0 Å². The van der Waals surface area contributed by atoms with Crippen molar-refractivity contribution in [1.82, 2.24) is 0 Å². The summed E-state index contributed by atoms with van der Waals surface area (Å²) in [7, 11) is 0. The number of rotatable bonds is 4. The van der Waals surface area contributed by atoms with E-state index in [2.05, 4.69) is 5.32 Å². The maximum atomic E-state index is 12.4. The van der Waals surface area contributed by atoms with Crippen LogP contribution in [0.25, 0.3) is 0 Å². The molecule has 0 aliphatic heterocycles. The van der Waals surface area contributed by atoms with E-state index in [0.29, 0.717) is 11.6 Å². The van der Waals surface area contributed by atoms with Crippen LogP contribution in [0.4, 0.5) is 14.5 Å². The van der Waals surface area contributed by atoms with Gasteiger partial charge in [-0.05, 0) is 36.2 Å². The molecule has 0 aromatic heterocycles. The van der Waals surface area contributed by atoms with Gasteiger partial charge in [0.05, 0.1) is 0 Å². The third-order valence-corrected chi connectivity index (χ3v) is 3.14. The molecular weight excluding hydrogens is 268 g/mol. The zero-order valence-electron chi connectivity index (χ0n) is 10.5. The van der Waals surface area contributed by atoms with Gasteiger partial charge in [0, 0.05) is 22.8 Å². The molecule has 0 bridgehead atoms. The molecule has 2 aromatic carbocycles. The first-order valence-corrected chi connectivity index (χ1v) is 6.31. The number of alkyl halides is 2. The van der Waals surface area contributed by atoms with Gasteiger partial charge >= 0.3 is 0 Å². The Bertz CT molecular complexity index is 553. The van der Waals surface area contributed by atoms with Crippen LogP contribution in [0.5, 0.6) is 0 Å². The summed E-state index contributed by atoms with van der Waals surface area (Å²) >= 11 is 5.88. The second-order valence-corrected chi connectivity index (χ2v) is 4.79. The summed E-state index contributed by atoms with van der Waals surface area (Å²) in [6.07, 6.45) is -2.42. The predicted molar refractivity (Wildman–Crippen MR) is 74.9 cm³/mol. The highest BCUT2D eigenvalue weighted by molar-refractivity contribution is 6.30. The summed E-state index contributed by atoms with van der Waals surface area (Å²) in [6.45, 7) is 2.56. The normalized spacial score (nSPS) is 10.8. The number of benzene rings is 2. The highest BCUT2D eigenvalue weighted by Gasteiger charge is 2.06. The molecule has 0 unspecified atom stereocenters. The van der Waals surface area contributed by atoms with E-state index in [4.69, 9.17) is 11.6 Å². The van der Waals surface area contributed by atoms with Crippen molar-refractivity contribution in [2.45, 2.75) is 19.9 Å². The SMILES string of the molecule is Cc1cc(Cl)ccc1NCc1ccc(C(F)F)cc1. The second-order valence-electron chi connectivity index (χ2n) is 4.36. The Kier molecular flexibility index (Phi) is 4.38. The van der Waals surface area contributed by atoms with Crippen LogP contribution in [-0.2, 0) is 6.54 Å². The molecule has 0 atom stereocenters. The Hall–Kier alpha value is -1.61. The van der Waals surface area contributed by atoms with E-state index in [9.17, 15) is 8.78 Å². The minimum absolute atomic E-state index is 0.0476. The van der Waals surface area contributed by atoms with Crippen LogP contribution in [0.15, 0.2) is 42.5 Å². The molecular formula is C15H14ClF2N. The molecule has 100 valence electrons. The van der Waals surface area contributed by atoms with Crippen LogP contribution >= 0.6 is 11.6 Å². The molecule has 0 spiro atoms. The first-order valence-electron chi connectivity index (χ1n) is 5.93. The van der Waals surface area contributed by atoms with E-state index in [1.165, 1.54) is 12.1 Å². The molecule has 1 nitrogen and oxygen atoms in total. The predicted octanol–water partition coefficient (Wildman–Crippen LogP) is 5.20. The van der Waals surface area contributed by atoms with Crippen molar-refractivity contribution in [3.8, 4) is 0 Å². The summed E-state index contributed by atoms with van der Waals surface area (Å²) in [5.74, 6) is 0. The zero-order chi connectivity index (χ0) is 13.8. The van der Waals surface area contributed by atoms with Gasteiger partial charge in [-0.2, -0.15) is 0 Å². The van der Waals surface area contributed by atoms with Crippen LogP contribution in [-0.4, -0.2) is 0 Å². The Labute approximate surface area is 116 Å². The van der Waals surface area contributed by atoms with Crippen molar-refractivity contribution in [3.05, 3.63) is 64.2 Å².